The van der Waals surface area contributed by atoms with Crippen LogP contribution in [0.25, 0.3) is 0 Å². The van der Waals surface area contributed by atoms with Gasteiger partial charge in [-0.05, 0) is 51.4 Å². The number of phosphoric acid groups is 1. The van der Waals surface area contributed by atoms with E-state index < -0.39 is 57.8 Å². The molecule has 3 unspecified atom stereocenters. The van der Waals surface area contributed by atoms with Crippen molar-refractivity contribution in [1.82, 2.24) is 0 Å². The number of hydrogen-bond donors (Lipinski definition) is 2. The van der Waals surface area contributed by atoms with Crippen LogP contribution in [-0.2, 0) is 42.2 Å². The first-order valence-corrected chi connectivity index (χ1v) is 33.7. The number of unbranched alkanes of at least 4 members (excludes halogenated alkanes) is 40. The van der Waals surface area contributed by atoms with Gasteiger partial charge >= 0.3 is 25.7 Å². The Labute approximate surface area is 468 Å². The van der Waals surface area contributed by atoms with Gasteiger partial charge in [-0.3, -0.25) is 23.4 Å². The summed E-state index contributed by atoms with van der Waals surface area (Å²) in [5.74, 6) is -1.44. The molecular formula is C64H121O11P. The molecule has 0 bridgehead atoms. The Morgan fingerprint density at radius 1 is 0.368 bits per heavy atom. The lowest BCUT2D eigenvalue weighted by atomic mass is 10.0. The van der Waals surface area contributed by atoms with Crippen LogP contribution in [0.4, 0.5) is 0 Å². The van der Waals surface area contributed by atoms with E-state index in [4.69, 9.17) is 23.3 Å². The number of esters is 3. The second-order valence-electron chi connectivity index (χ2n) is 21.9. The van der Waals surface area contributed by atoms with E-state index in [1.807, 2.05) is 0 Å². The van der Waals surface area contributed by atoms with E-state index in [0.717, 1.165) is 70.6 Å². The van der Waals surface area contributed by atoms with Crippen molar-refractivity contribution in [2.24, 2.45) is 0 Å². The molecule has 11 nitrogen and oxygen atoms in total. The molecule has 0 saturated heterocycles. The van der Waals surface area contributed by atoms with Crippen molar-refractivity contribution in [3.05, 3.63) is 24.3 Å². The SMILES string of the molecule is CCCCC/C=C\C/C=C\CCCCCCCCCCCC(=O)OC(COC(=O)CCCCCCCCCCCCC)COP(=O)(O)OCC(CO)OC(=O)CCCCCCCCCCCCCCCCCCCCC. The zero-order valence-electron chi connectivity index (χ0n) is 49.7. The summed E-state index contributed by atoms with van der Waals surface area (Å²) in [6.45, 7) is 4.69. The Morgan fingerprint density at radius 3 is 1.00 bits per heavy atom. The average Bonchev–Trinajstić information content (AvgIpc) is 3.41. The highest BCUT2D eigenvalue weighted by Crippen LogP contribution is 2.43. The van der Waals surface area contributed by atoms with Crippen molar-refractivity contribution in [1.29, 1.82) is 0 Å². The van der Waals surface area contributed by atoms with E-state index in [2.05, 4.69) is 45.1 Å². The summed E-state index contributed by atoms with van der Waals surface area (Å²) in [5.41, 5.74) is 0. The molecule has 3 atom stereocenters. The number of rotatable bonds is 61. The summed E-state index contributed by atoms with van der Waals surface area (Å²) >= 11 is 0. The van der Waals surface area contributed by atoms with Crippen molar-refractivity contribution >= 4 is 25.7 Å². The van der Waals surface area contributed by atoms with Gasteiger partial charge in [0.25, 0.3) is 0 Å². The summed E-state index contributed by atoms with van der Waals surface area (Å²) in [6, 6.07) is 0. The fourth-order valence-corrected chi connectivity index (χ4v) is 10.2. The standard InChI is InChI=1S/C64H121O11P/c1-4-7-10-13-16-19-22-24-26-28-30-32-34-36-39-42-45-48-51-54-63(67)74-60(56-65)58-72-76(69,70)73-59-61(57-71-62(66)53-50-47-44-41-38-21-18-15-12-9-6-3)75-64(68)55-52-49-46-43-40-37-35-33-31-29-27-25-23-20-17-14-11-8-5-2/h17,20,25,27,60-61,65H,4-16,18-19,21-24,26,28-59H2,1-3H3,(H,69,70)/b20-17-,27-25-. The number of ether oxygens (including phenoxy) is 3. The molecule has 12 heteroatoms. The normalized spacial score (nSPS) is 13.4. The van der Waals surface area contributed by atoms with Gasteiger partial charge in [-0.1, -0.05) is 283 Å². The molecule has 0 amide bonds. The smallest absolute Gasteiger partial charge is 0.462 e. The van der Waals surface area contributed by atoms with Crippen LogP contribution in [0.3, 0.4) is 0 Å². The number of allylic oxidation sites excluding steroid dienone is 4. The minimum absolute atomic E-state index is 0.168. The maximum atomic E-state index is 12.9. The van der Waals surface area contributed by atoms with Crippen LogP contribution in [0.2, 0.25) is 0 Å². The van der Waals surface area contributed by atoms with E-state index >= 15 is 0 Å². The lowest BCUT2D eigenvalue weighted by Crippen LogP contribution is -2.30. The van der Waals surface area contributed by atoms with Crippen LogP contribution in [0.15, 0.2) is 24.3 Å². The molecule has 0 aromatic carbocycles. The summed E-state index contributed by atoms with van der Waals surface area (Å²) < 4.78 is 39.7. The highest BCUT2D eigenvalue weighted by molar-refractivity contribution is 7.47. The fourth-order valence-electron chi connectivity index (χ4n) is 9.45. The van der Waals surface area contributed by atoms with Gasteiger partial charge in [0.15, 0.2) is 6.10 Å². The molecule has 0 aromatic heterocycles. The second kappa shape index (κ2) is 59.1. The lowest BCUT2D eigenvalue weighted by Gasteiger charge is -2.21. The maximum absolute atomic E-state index is 12.9. The van der Waals surface area contributed by atoms with Gasteiger partial charge in [0, 0.05) is 19.3 Å². The monoisotopic (exact) mass is 1100 g/mol. The first kappa shape index (κ1) is 74.0. The number of aliphatic hydroxyl groups excluding tert-OH is 1. The third kappa shape index (κ3) is 56.7. The first-order chi connectivity index (χ1) is 37.2. The van der Waals surface area contributed by atoms with Crippen LogP contribution in [-0.4, -0.2) is 66.5 Å². The number of hydrogen-bond acceptors (Lipinski definition) is 10. The van der Waals surface area contributed by atoms with E-state index in [-0.39, 0.29) is 25.9 Å². The van der Waals surface area contributed by atoms with Crippen molar-refractivity contribution in [3.8, 4) is 0 Å². The average molecular weight is 1100 g/mol. The predicted molar refractivity (Wildman–Crippen MR) is 316 cm³/mol. The Morgan fingerprint density at radius 2 is 0.645 bits per heavy atom. The molecule has 0 saturated carbocycles. The Balaban J connectivity index is 4.56. The molecule has 0 rings (SSSR count). The van der Waals surface area contributed by atoms with Crippen molar-refractivity contribution in [2.45, 2.75) is 341 Å². The van der Waals surface area contributed by atoms with Gasteiger partial charge in [-0.2, -0.15) is 0 Å². The maximum Gasteiger partial charge on any atom is 0.472 e. The third-order valence-corrected chi connectivity index (χ3v) is 15.3. The Bertz CT molecular complexity index is 1370. The van der Waals surface area contributed by atoms with Crippen LogP contribution in [0.1, 0.15) is 329 Å². The number of aliphatic hydroxyl groups is 1. The minimum atomic E-state index is -4.74. The third-order valence-electron chi connectivity index (χ3n) is 14.4. The highest BCUT2D eigenvalue weighted by atomic mass is 31.2. The quantitative estimate of drug-likeness (QED) is 0.0197. The summed E-state index contributed by atoms with van der Waals surface area (Å²) in [6.07, 6.45) is 61.3. The molecule has 2 N–H and O–H groups in total. The topological polar surface area (TPSA) is 155 Å². The number of carbonyl (C=O) groups excluding carboxylic acids is 3. The van der Waals surface area contributed by atoms with Gasteiger partial charge in [-0.15, -0.1) is 0 Å². The molecule has 0 radical (unpaired) electrons. The fraction of sp³-hybridized carbons (Fsp3) is 0.891. The zero-order valence-corrected chi connectivity index (χ0v) is 50.6. The van der Waals surface area contributed by atoms with E-state index in [0.29, 0.717) is 19.3 Å². The predicted octanol–water partition coefficient (Wildman–Crippen LogP) is 19.4. The summed E-state index contributed by atoms with van der Waals surface area (Å²) in [4.78, 5) is 48.7. The molecule has 0 aliphatic heterocycles. The molecule has 76 heavy (non-hydrogen) atoms. The molecule has 0 heterocycles. The zero-order chi connectivity index (χ0) is 55.5. The van der Waals surface area contributed by atoms with Crippen LogP contribution < -0.4 is 0 Å². The van der Waals surface area contributed by atoms with Crippen LogP contribution >= 0.6 is 7.82 Å². The molecule has 0 aliphatic rings. The van der Waals surface area contributed by atoms with Gasteiger partial charge < -0.3 is 24.2 Å². The number of carbonyl (C=O) groups is 3. The number of phosphoric ester groups is 1. The molecule has 0 fully saturated rings. The molecular weight excluding hydrogens is 976 g/mol. The van der Waals surface area contributed by atoms with E-state index in [9.17, 15) is 28.9 Å². The molecule has 0 aromatic rings. The van der Waals surface area contributed by atoms with E-state index in [1.165, 1.54) is 199 Å². The second-order valence-corrected chi connectivity index (χ2v) is 23.4. The van der Waals surface area contributed by atoms with Gasteiger partial charge in [0.1, 0.15) is 12.7 Å². The Hall–Kier alpha value is -2.04. The molecule has 0 aliphatic carbocycles. The van der Waals surface area contributed by atoms with Crippen molar-refractivity contribution < 1.29 is 52.2 Å². The van der Waals surface area contributed by atoms with Crippen molar-refractivity contribution in [2.75, 3.05) is 26.4 Å². The summed E-state index contributed by atoms with van der Waals surface area (Å²) in [7, 11) is -4.74. The first-order valence-electron chi connectivity index (χ1n) is 32.2. The lowest BCUT2D eigenvalue weighted by molar-refractivity contribution is -0.161. The molecule has 448 valence electrons. The van der Waals surface area contributed by atoms with Gasteiger partial charge in [-0.25, -0.2) is 4.57 Å². The van der Waals surface area contributed by atoms with Crippen molar-refractivity contribution in [3.63, 3.8) is 0 Å². The van der Waals surface area contributed by atoms with Gasteiger partial charge in [0.05, 0.1) is 19.8 Å². The van der Waals surface area contributed by atoms with E-state index in [1.54, 1.807) is 0 Å². The highest BCUT2D eigenvalue weighted by Gasteiger charge is 2.28. The van der Waals surface area contributed by atoms with Gasteiger partial charge in [0.2, 0.25) is 0 Å². The Kier molecular flexibility index (Phi) is 57.5. The molecule has 0 spiro atoms. The largest absolute Gasteiger partial charge is 0.472 e. The van der Waals surface area contributed by atoms with Crippen LogP contribution in [0.5, 0.6) is 0 Å². The summed E-state index contributed by atoms with van der Waals surface area (Å²) in [5, 5.41) is 9.85. The van der Waals surface area contributed by atoms with Crippen LogP contribution in [0, 0.1) is 0 Å². The minimum Gasteiger partial charge on any atom is -0.462 e.